The van der Waals surface area contributed by atoms with Gasteiger partial charge in [-0.1, -0.05) is 23.7 Å². The van der Waals surface area contributed by atoms with Gasteiger partial charge >= 0.3 is 0 Å². The van der Waals surface area contributed by atoms with Crippen LogP contribution in [0.3, 0.4) is 0 Å². The molecule has 2 atom stereocenters. The maximum atomic E-state index is 6.32. The summed E-state index contributed by atoms with van der Waals surface area (Å²) < 4.78 is 16.4. The number of quaternary nitrogens is 1. The van der Waals surface area contributed by atoms with Crippen LogP contribution in [0.2, 0.25) is 5.02 Å². The van der Waals surface area contributed by atoms with Gasteiger partial charge in [-0.2, -0.15) is 0 Å². The third-order valence-electron chi connectivity index (χ3n) is 5.27. The number of furan rings is 1. The van der Waals surface area contributed by atoms with E-state index in [1.807, 2.05) is 24.5 Å². The molecule has 4 rings (SSSR count). The Balaban J connectivity index is 1.82. The van der Waals surface area contributed by atoms with Crippen LogP contribution >= 0.6 is 11.6 Å². The Kier molecular flexibility index (Phi) is 5.10. The summed E-state index contributed by atoms with van der Waals surface area (Å²) in [5.74, 6) is 1.53. The predicted molar refractivity (Wildman–Crippen MR) is 105 cm³/mol. The summed E-state index contributed by atoms with van der Waals surface area (Å²) in [6, 6.07) is 14.6. The van der Waals surface area contributed by atoms with E-state index in [-0.39, 0.29) is 6.04 Å². The van der Waals surface area contributed by atoms with Gasteiger partial charge in [-0.25, -0.2) is 0 Å². The van der Waals surface area contributed by atoms with Crippen LogP contribution in [-0.4, -0.2) is 20.8 Å². The quantitative estimate of drug-likeness (QED) is 0.729. The summed E-state index contributed by atoms with van der Waals surface area (Å²) in [7, 11) is 3.36. The molecule has 0 spiro atoms. The zero-order chi connectivity index (χ0) is 18.8. The van der Waals surface area contributed by atoms with Crippen molar-refractivity contribution >= 4 is 11.6 Å². The summed E-state index contributed by atoms with van der Waals surface area (Å²) in [5.41, 5.74) is 4.96. The lowest BCUT2D eigenvalue weighted by Crippen LogP contribution is -3.12. The normalized spacial score (nSPS) is 18.8. The van der Waals surface area contributed by atoms with Gasteiger partial charge in [0, 0.05) is 28.1 Å². The van der Waals surface area contributed by atoms with Crippen LogP contribution in [0.25, 0.3) is 0 Å². The molecule has 140 valence electrons. The standard InChI is InChI=1S/C22H22ClNO3/c1-25-20-11-16-6-8-24(13-15-7-9-27-14-15)22(19(16)12-21(20)26-2)17-4-3-5-18(23)10-17/h3-5,7,9-12,14,22H,6,8,13H2,1-2H3/p+1/t22-/m1/s1. The fraction of sp³-hybridized carbons (Fsp3) is 0.273. The highest BCUT2D eigenvalue weighted by atomic mass is 35.5. The number of benzene rings is 2. The second-order valence-electron chi connectivity index (χ2n) is 6.86. The Labute approximate surface area is 164 Å². The molecule has 4 nitrogen and oxygen atoms in total. The molecule has 0 radical (unpaired) electrons. The van der Waals surface area contributed by atoms with Crippen LogP contribution in [0.4, 0.5) is 0 Å². The number of ether oxygens (including phenoxy) is 2. The Morgan fingerprint density at radius 3 is 2.63 bits per heavy atom. The highest BCUT2D eigenvalue weighted by Crippen LogP contribution is 2.36. The van der Waals surface area contributed by atoms with Crippen molar-refractivity contribution in [3.05, 3.63) is 82.3 Å². The van der Waals surface area contributed by atoms with Crippen LogP contribution in [0, 0.1) is 0 Å². The Bertz CT molecular complexity index is 923. The summed E-state index contributed by atoms with van der Waals surface area (Å²) in [6.07, 6.45) is 4.54. The van der Waals surface area contributed by atoms with Gasteiger partial charge in [0.1, 0.15) is 12.6 Å². The SMILES string of the molecule is COc1cc2c(cc1OC)[C@@H](c1cccc(Cl)c1)[NH+](Cc1ccoc1)CC2. The summed E-state index contributed by atoms with van der Waals surface area (Å²) in [5, 5.41) is 0.753. The Morgan fingerprint density at radius 2 is 1.93 bits per heavy atom. The van der Waals surface area contributed by atoms with Crippen LogP contribution in [0.5, 0.6) is 11.5 Å². The van der Waals surface area contributed by atoms with E-state index in [4.69, 9.17) is 25.5 Å². The third-order valence-corrected chi connectivity index (χ3v) is 5.51. The van der Waals surface area contributed by atoms with Gasteiger partial charge < -0.3 is 18.8 Å². The molecule has 0 saturated carbocycles. The first kappa shape index (κ1) is 18.0. The minimum atomic E-state index is 0.169. The van der Waals surface area contributed by atoms with Crippen molar-refractivity contribution in [2.45, 2.75) is 19.0 Å². The molecular weight excluding hydrogens is 362 g/mol. The van der Waals surface area contributed by atoms with Gasteiger partial charge in [0.2, 0.25) is 0 Å². The largest absolute Gasteiger partial charge is 0.493 e. The first-order valence-corrected chi connectivity index (χ1v) is 9.43. The van der Waals surface area contributed by atoms with Gasteiger partial charge in [-0.05, 0) is 35.9 Å². The second-order valence-corrected chi connectivity index (χ2v) is 7.30. The van der Waals surface area contributed by atoms with Gasteiger partial charge in [-0.3, -0.25) is 0 Å². The van der Waals surface area contributed by atoms with Crippen molar-refractivity contribution in [1.29, 1.82) is 0 Å². The van der Waals surface area contributed by atoms with Crippen LogP contribution in [-0.2, 0) is 13.0 Å². The van der Waals surface area contributed by atoms with Gasteiger partial charge in [0.05, 0.1) is 33.3 Å². The lowest BCUT2D eigenvalue weighted by molar-refractivity contribution is -0.941. The molecule has 5 heteroatoms. The predicted octanol–water partition coefficient (Wildman–Crippen LogP) is 3.68. The average Bonchev–Trinajstić information content (AvgIpc) is 3.19. The third kappa shape index (κ3) is 3.55. The molecule has 2 heterocycles. The molecular formula is C22H23ClNO3+. The van der Waals surface area contributed by atoms with E-state index >= 15 is 0 Å². The Hall–Kier alpha value is -2.43. The van der Waals surface area contributed by atoms with Crippen molar-refractivity contribution < 1.29 is 18.8 Å². The first-order chi connectivity index (χ1) is 13.2. The van der Waals surface area contributed by atoms with Crippen molar-refractivity contribution in [1.82, 2.24) is 0 Å². The van der Waals surface area contributed by atoms with Gasteiger partial charge in [-0.15, -0.1) is 0 Å². The van der Waals surface area contributed by atoms with Crippen LogP contribution < -0.4 is 14.4 Å². The fourth-order valence-corrected chi connectivity index (χ4v) is 4.23. The zero-order valence-electron chi connectivity index (χ0n) is 15.5. The average molecular weight is 385 g/mol. The van der Waals surface area contributed by atoms with E-state index in [0.29, 0.717) is 0 Å². The second kappa shape index (κ2) is 7.67. The highest BCUT2D eigenvalue weighted by Gasteiger charge is 2.34. The number of halogens is 1. The number of hydrogen-bond donors (Lipinski definition) is 1. The molecule has 1 N–H and O–H groups in total. The highest BCUT2D eigenvalue weighted by molar-refractivity contribution is 6.30. The van der Waals surface area contributed by atoms with E-state index in [9.17, 15) is 0 Å². The van der Waals surface area contributed by atoms with E-state index in [1.165, 1.54) is 27.2 Å². The van der Waals surface area contributed by atoms with Crippen LogP contribution in [0.15, 0.2) is 59.4 Å². The molecule has 1 aliphatic rings. The van der Waals surface area contributed by atoms with Crippen molar-refractivity contribution in [2.24, 2.45) is 0 Å². The van der Waals surface area contributed by atoms with E-state index in [0.717, 1.165) is 36.0 Å². The van der Waals surface area contributed by atoms with E-state index < -0.39 is 0 Å². The zero-order valence-corrected chi connectivity index (χ0v) is 16.3. The molecule has 2 aromatic carbocycles. The maximum Gasteiger partial charge on any atom is 0.161 e. The minimum absolute atomic E-state index is 0.169. The fourth-order valence-electron chi connectivity index (χ4n) is 4.03. The topological polar surface area (TPSA) is 36.0 Å². The van der Waals surface area contributed by atoms with Crippen molar-refractivity contribution in [3.8, 4) is 11.5 Å². The molecule has 1 aromatic heterocycles. The number of fused-ring (bicyclic) bond motifs is 1. The molecule has 0 aliphatic carbocycles. The van der Waals surface area contributed by atoms with Gasteiger partial charge in [0.25, 0.3) is 0 Å². The number of nitrogens with one attached hydrogen (secondary N) is 1. The molecule has 1 unspecified atom stereocenters. The number of rotatable bonds is 5. The van der Waals surface area contributed by atoms with Crippen molar-refractivity contribution in [2.75, 3.05) is 20.8 Å². The smallest absolute Gasteiger partial charge is 0.161 e. The monoisotopic (exact) mass is 384 g/mol. The molecule has 0 fully saturated rings. The summed E-state index contributed by atoms with van der Waals surface area (Å²) in [4.78, 5) is 1.46. The maximum absolute atomic E-state index is 6.32. The first-order valence-electron chi connectivity index (χ1n) is 9.05. The van der Waals surface area contributed by atoms with Gasteiger partial charge in [0.15, 0.2) is 11.5 Å². The van der Waals surface area contributed by atoms with Crippen molar-refractivity contribution in [3.63, 3.8) is 0 Å². The van der Waals surface area contributed by atoms with Crippen LogP contribution in [0.1, 0.15) is 28.3 Å². The Morgan fingerprint density at radius 1 is 1.11 bits per heavy atom. The summed E-state index contributed by atoms with van der Waals surface area (Å²) >= 11 is 6.32. The molecule has 3 aromatic rings. The molecule has 1 aliphatic heterocycles. The molecule has 0 amide bonds. The van der Waals surface area contributed by atoms with E-state index in [2.05, 4.69) is 24.3 Å². The van der Waals surface area contributed by atoms with E-state index in [1.54, 1.807) is 20.5 Å². The molecule has 27 heavy (non-hydrogen) atoms. The molecule has 0 bridgehead atoms. The number of methoxy groups -OCH3 is 2. The number of hydrogen-bond acceptors (Lipinski definition) is 3. The molecule has 0 saturated heterocycles. The lowest BCUT2D eigenvalue weighted by atomic mass is 9.87. The minimum Gasteiger partial charge on any atom is -0.493 e. The lowest BCUT2D eigenvalue weighted by Gasteiger charge is -2.35. The summed E-state index contributed by atoms with van der Waals surface area (Å²) in [6.45, 7) is 1.91.